The second-order valence-corrected chi connectivity index (χ2v) is 8.34. The summed E-state index contributed by atoms with van der Waals surface area (Å²) in [6.45, 7) is 4.53. The van der Waals surface area contributed by atoms with Gasteiger partial charge in [0.05, 0.1) is 18.2 Å². The molecule has 1 aliphatic heterocycles. The number of rotatable bonds is 6. The van der Waals surface area contributed by atoms with Gasteiger partial charge in [-0.2, -0.15) is 5.26 Å². The van der Waals surface area contributed by atoms with E-state index in [0.29, 0.717) is 26.1 Å². The molecule has 1 aromatic carbocycles. The maximum atomic E-state index is 12.8. The Balaban J connectivity index is 1.20. The number of para-hydroxylation sites is 1. The molecule has 7 heteroatoms. The number of nitriles is 1. The van der Waals surface area contributed by atoms with Crippen molar-refractivity contribution in [2.24, 2.45) is 0 Å². The first-order valence-corrected chi connectivity index (χ1v) is 11.3. The minimum Gasteiger partial charge on any atom is -0.346 e. The van der Waals surface area contributed by atoms with Gasteiger partial charge in [-0.1, -0.05) is 24.3 Å². The summed E-state index contributed by atoms with van der Waals surface area (Å²) in [7, 11) is 0. The SMILES string of the molecule is N#CCCn1cc(/C=C/C(=O)N2CCN(Cc3cn4ccccc4n3)CC2)c2ccccc21. The zero-order valence-corrected chi connectivity index (χ0v) is 18.5. The van der Waals surface area contributed by atoms with Crippen molar-refractivity contribution < 1.29 is 4.79 Å². The maximum Gasteiger partial charge on any atom is 0.246 e. The fourth-order valence-electron chi connectivity index (χ4n) is 4.45. The number of aryl methyl sites for hydroxylation is 1. The molecule has 0 bridgehead atoms. The van der Waals surface area contributed by atoms with Gasteiger partial charge in [-0.05, 0) is 24.3 Å². The van der Waals surface area contributed by atoms with Crippen molar-refractivity contribution in [1.82, 2.24) is 23.8 Å². The highest BCUT2D eigenvalue weighted by Gasteiger charge is 2.20. The van der Waals surface area contributed by atoms with Crippen LogP contribution in [0.5, 0.6) is 0 Å². The third kappa shape index (κ3) is 4.52. The molecule has 0 atom stereocenters. The van der Waals surface area contributed by atoms with Gasteiger partial charge in [0, 0.05) is 80.4 Å². The Hall–Kier alpha value is -3.89. The van der Waals surface area contributed by atoms with Crippen LogP contribution in [-0.4, -0.2) is 55.8 Å². The topological polar surface area (TPSA) is 69.6 Å². The number of hydrogen-bond donors (Lipinski definition) is 0. The van der Waals surface area contributed by atoms with Crippen LogP contribution >= 0.6 is 0 Å². The molecule has 0 saturated carbocycles. The van der Waals surface area contributed by atoms with E-state index in [2.05, 4.69) is 32.8 Å². The summed E-state index contributed by atoms with van der Waals surface area (Å²) in [5.74, 6) is 0.0382. The van der Waals surface area contributed by atoms with Crippen LogP contribution < -0.4 is 0 Å². The second kappa shape index (κ2) is 9.31. The third-order valence-electron chi connectivity index (χ3n) is 6.17. The van der Waals surface area contributed by atoms with Gasteiger partial charge in [0.1, 0.15) is 5.65 Å². The standard InChI is InChI=1S/C26H26N6O/c27-11-5-13-31-18-21(23-6-1-2-7-24(23)31)9-10-26(33)30-16-14-29(15-17-30)19-22-20-32-12-4-3-8-25(32)28-22/h1-4,6-10,12,18,20H,5,13-17,19H2/b10-9+. The first-order chi connectivity index (χ1) is 16.2. The van der Waals surface area contributed by atoms with Crippen LogP contribution in [-0.2, 0) is 17.9 Å². The average molecular weight is 439 g/mol. The number of aromatic nitrogens is 3. The lowest BCUT2D eigenvalue weighted by molar-refractivity contribution is -0.127. The van der Waals surface area contributed by atoms with Crippen LogP contribution in [0.3, 0.4) is 0 Å². The van der Waals surface area contributed by atoms with Gasteiger partial charge in [-0.15, -0.1) is 0 Å². The molecule has 4 heterocycles. The third-order valence-corrected chi connectivity index (χ3v) is 6.17. The molecule has 4 aromatic rings. The van der Waals surface area contributed by atoms with Crippen molar-refractivity contribution in [1.29, 1.82) is 5.26 Å². The molecule has 0 N–H and O–H groups in total. The molecule has 33 heavy (non-hydrogen) atoms. The molecule has 5 rings (SSSR count). The van der Waals surface area contributed by atoms with Crippen LogP contribution in [0.2, 0.25) is 0 Å². The molecule has 1 saturated heterocycles. The number of pyridine rings is 1. The first kappa shape index (κ1) is 21.0. The average Bonchev–Trinajstić information content (AvgIpc) is 3.42. The molecule has 1 fully saturated rings. The van der Waals surface area contributed by atoms with Gasteiger partial charge in [0.2, 0.25) is 5.91 Å². The highest BCUT2D eigenvalue weighted by Crippen LogP contribution is 2.23. The van der Waals surface area contributed by atoms with Crippen LogP contribution in [0.1, 0.15) is 17.7 Å². The summed E-state index contributed by atoms with van der Waals surface area (Å²) in [6.07, 6.45) is 10.1. The summed E-state index contributed by atoms with van der Waals surface area (Å²) in [5, 5.41) is 10.0. The Bertz CT molecular complexity index is 1320. The molecular weight excluding hydrogens is 412 g/mol. The minimum absolute atomic E-state index is 0.0382. The molecule has 0 unspecified atom stereocenters. The number of nitrogens with zero attached hydrogens (tertiary/aromatic N) is 6. The lowest BCUT2D eigenvalue weighted by atomic mass is 10.1. The van der Waals surface area contributed by atoms with Gasteiger partial charge >= 0.3 is 0 Å². The highest BCUT2D eigenvalue weighted by atomic mass is 16.2. The molecule has 0 aliphatic carbocycles. The van der Waals surface area contributed by atoms with E-state index in [-0.39, 0.29) is 5.91 Å². The molecule has 0 spiro atoms. The molecule has 0 radical (unpaired) electrons. The highest BCUT2D eigenvalue weighted by molar-refractivity contribution is 5.96. The number of carbonyl (C=O) groups is 1. The van der Waals surface area contributed by atoms with Crippen molar-refractivity contribution in [2.75, 3.05) is 26.2 Å². The van der Waals surface area contributed by atoms with Crippen LogP contribution in [0.15, 0.2) is 67.1 Å². The van der Waals surface area contributed by atoms with E-state index < -0.39 is 0 Å². The smallest absolute Gasteiger partial charge is 0.246 e. The van der Waals surface area contributed by atoms with Crippen molar-refractivity contribution in [3.8, 4) is 6.07 Å². The second-order valence-electron chi connectivity index (χ2n) is 8.34. The number of hydrogen-bond acceptors (Lipinski definition) is 4. The van der Waals surface area contributed by atoms with E-state index >= 15 is 0 Å². The number of imidazole rings is 1. The van der Waals surface area contributed by atoms with Crippen molar-refractivity contribution >= 4 is 28.5 Å². The zero-order valence-electron chi connectivity index (χ0n) is 18.5. The minimum atomic E-state index is 0.0382. The van der Waals surface area contributed by atoms with E-state index in [0.717, 1.165) is 47.4 Å². The van der Waals surface area contributed by atoms with E-state index in [9.17, 15) is 4.79 Å². The Morgan fingerprint density at radius 3 is 2.70 bits per heavy atom. The molecule has 1 aliphatic rings. The van der Waals surface area contributed by atoms with Crippen molar-refractivity contribution in [3.05, 3.63) is 78.4 Å². The number of piperazine rings is 1. The first-order valence-electron chi connectivity index (χ1n) is 11.3. The predicted molar refractivity (Wildman–Crippen MR) is 128 cm³/mol. The predicted octanol–water partition coefficient (Wildman–Crippen LogP) is 3.56. The Kier molecular flexibility index (Phi) is 5.92. The van der Waals surface area contributed by atoms with Gasteiger partial charge in [-0.25, -0.2) is 4.98 Å². The summed E-state index contributed by atoms with van der Waals surface area (Å²) >= 11 is 0. The van der Waals surface area contributed by atoms with Crippen molar-refractivity contribution in [3.63, 3.8) is 0 Å². The molecular formula is C26H26N6O. The van der Waals surface area contributed by atoms with Crippen LogP contribution in [0, 0.1) is 11.3 Å². The van der Waals surface area contributed by atoms with Crippen LogP contribution in [0.4, 0.5) is 0 Å². The van der Waals surface area contributed by atoms with Gasteiger partial charge in [0.15, 0.2) is 0 Å². The number of amides is 1. The van der Waals surface area contributed by atoms with E-state index in [1.54, 1.807) is 6.08 Å². The number of fused-ring (bicyclic) bond motifs is 2. The maximum absolute atomic E-state index is 12.8. The zero-order chi connectivity index (χ0) is 22.6. The summed E-state index contributed by atoms with van der Waals surface area (Å²) in [4.78, 5) is 21.8. The lowest BCUT2D eigenvalue weighted by Crippen LogP contribution is -2.47. The number of benzene rings is 1. The molecule has 7 nitrogen and oxygen atoms in total. The summed E-state index contributed by atoms with van der Waals surface area (Å²) < 4.78 is 4.12. The molecule has 166 valence electrons. The van der Waals surface area contributed by atoms with Crippen molar-refractivity contribution in [2.45, 2.75) is 19.5 Å². The summed E-state index contributed by atoms with van der Waals surface area (Å²) in [6, 6.07) is 16.3. The van der Waals surface area contributed by atoms with Gasteiger partial charge in [0.25, 0.3) is 0 Å². The molecule has 1 amide bonds. The fourth-order valence-corrected chi connectivity index (χ4v) is 4.45. The van der Waals surface area contributed by atoms with E-state index in [1.165, 1.54) is 0 Å². The number of carbonyl (C=O) groups excluding carboxylic acids is 1. The Morgan fingerprint density at radius 1 is 1.06 bits per heavy atom. The summed E-state index contributed by atoms with van der Waals surface area (Å²) in [5.41, 5.74) is 4.09. The Labute approximate surface area is 192 Å². The lowest BCUT2D eigenvalue weighted by Gasteiger charge is -2.33. The van der Waals surface area contributed by atoms with Gasteiger partial charge in [-0.3, -0.25) is 9.69 Å². The Morgan fingerprint density at radius 2 is 1.88 bits per heavy atom. The van der Waals surface area contributed by atoms with E-state index in [4.69, 9.17) is 5.26 Å². The molecule has 3 aromatic heterocycles. The van der Waals surface area contributed by atoms with Gasteiger partial charge < -0.3 is 13.9 Å². The normalized spacial score (nSPS) is 14.9. The fraction of sp³-hybridized carbons (Fsp3) is 0.269. The van der Waals surface area contributed by atoms with E-state index in [1.807, 2.05) is 64.2 Å². The van der Waals surface area contributed by atoms with Crippen LogP contribution in [0.25, 0.3) is 22.6 Å². The monoisotopic (exact) mass is 438 g/mol. The quantitative estimate of drug-likeness (QED) is 0.432. The largest absolute Gasteiger partial charge is 0.346 e.